The zero-order valence-electron chi connectivity index (χ0n) is 13.3. The van der Waals surface area contributed by atoms with Gasteiger partial charge in [-0.25, -0.2) is 17.2 Å². The fraction of sp³-hybridized carbons (Fsp3) is 0.533. The molecule has 0 saturated carbocycles. The number of benzene rings is 1. The summed E-state index contributed by atoms with van der Waals surface area (Å²) in [6, 6.07) is 2.90. The molecule has 5 nitrogen and oxygen atoms in total. The molecule has 0 aliphatic rings. The van der Waals surface area contributed by atoms with Crippen LogP contribution in [0.1, 0.15) is 32.6 Å². The molecule has 1 amide bonds. The van der Waals surface area contributed by atoms with Gasteiger partial charge in [-0.2, -0.15) is 0 Å². The topological polar surface area (TPSA) is 66.5 Å². The Hall–Kier alpha value is -1.70. The largest absolute Gasteiger partial charge is 0.356 e. The molecule has 1 rings (SSSR count). The van der Waals surface area contributed by atoms with Gasteiger partial charge < -0.3 is 5.32 Å². The summed E-state index contributed by atoms with van der Waals surface area (Å²) in [6.07, 6.45) is 3.29. The predicted molar refractivity (Wildman–Crippen MR) is 85.7 cm³/mol. The van der Waals surface area contributed by atoms with Crippen molar-refractivity contribution in [2.75, 3.05) is 23.7 Å². The third-order valence-electron chi connectivity index (χ3n) is 3.21. The second-order valence-electron chi connectivity index (χ2n) is 5.24. The number of carbonyl (C=O) groups excluding carboxylic acids is 1. The van der Waals surface area contributed by atoms with Gasteiger partial charge in [-0.15, -0.1) is 0 Å². The summed E-state index contributed by atoms with van der Waals surface area (Å²) in [5, 5.41) is 2.74. The lowest BCUT2D eigenvalue weighted by molar-refractivity contribution is -0.121. The van der Waals surface area contributed by atoms with Gasteiger partial charge in [0.15, 0.2) is 11.6 Å². The van der Waals surface area contributed by atoms with E-state index in [0.29, 0.717) is 6.54 Å². The molecule has 0 unspecified atom stereocenters. The highest BCUT2D eigenvalue weighted by molar-refractivity contribution is 7.92. The van der Waals surface area contributed by atoms with Crippen molar-refractivity contribution in [2.24, 2.45) is 0 Å². The predicted octanol–water partition coefficient (Wildman–Crippen LogP) is 2.43. The highest BCUT2D eigenvalue weighted by Crippen LogP contribution is 2.21. The van der Waals surface area contributed by atoms with E-state index >= 15 is 0 Å². The Bertz CT molecular complexity index is 636. The molecule has 0 heterocycles. The maximum absolute atomic E-state index is 13.3. The number of hydrogen-bond acceptors (Lipinski definition) is 3. The van der Waals surface area contributed by atoms with Crippen LogP contribution in [0.4, 0.5) is 14.5 Å². The minimum Gasteiger partial charge on any atom is -0.356 e. The number of amides is 1. The molecule has 23 heavy (non-hydrogen) atoms. The van der Waals surface area contributed by atoms with Crippen molar-refractivity contribution in [3.05, 3.63) is 29.8 Å². The van der Waals surface area contributed by atoms with E-state index < -0.39 is 21.7 Å². The number of sulfonamides is 1. The molecule has 0 aliphatic carbocycles. The van der Waals surface area contributed by atoms with Crippen molar-refractivity contribution in [2.45, 2.75) is 32.6 Å². The van der Waals surface area contributed by atoms with Crippen molar-refractivity contribution in [3.8, 4) is 0 Å². The van der Waals surface area contributed by atoms with Crippen molar-refractivity contribution < 1.29 is 22.0 Å². The summed E-state index contributed by atoms with van der Waals surface area (Å²) in [5.74, 6) is -2.32. The summed E-state index contributed by atoms with van der Waals surface area (Å²) in [5.41, 5.74) is 0.0396. The molecule has 0 fully saturated rings. The molecule has 130 valence electrons. The Labute approximate surface area is 135 Å². The SMILES string of the molecule is CCCCNC(=O)CCCN(c1ccc(F)c(F)c1)S(C)(=O)=O. The van der Waals surface area contributed by atoms with Crippen LogP contribution < -0.4 is 9.62 Å². The fourth-order valence-corrected chi connectivity index (χ4v) is 2.96. The number of anilines is 1. The molecule has 1 aromatic carbocycles. The van der Waals surface area contributed by atoms with Gasteiger partial charge in [0.2, 0.25) is 15.9 Å². The van der Waals surface area contributed by atoms with Crippen LogP contribution in [0.15, 0.2) is 18.2 Å². The Kier molecular flexibility index (Phi) is 7.41. The number of rotatable bonds is 9. The molecular formula is C15H22F2N2O3S. The van der Waals surface area contributed by atoms with Gasteiger partial charge in [0.05, 0.1) is 11.9 Å². The number of unbranched alkanes of at least 4 members (excludes halogenated alkanes) is 1. The smallest absolute Gasteiger partial charge is 0.232 e. The lowest BCUT2D eigenvalue weighted by Crippen LogP contribution is -2.32. The van der Waals surface area contributed by atoms with Crippen LogP contribution in [0.3, 0.4) is 0 Å². The average molecular weight is 348 g/mol. The van der Waals surface area contributed by atoms with E-state index in [-0.39, 0.29) is 31.0 Å². The van der Waals surface area contributed by atoms with Crippen LogP contribution in [0.25, 0.3) is 0 Å². The van der Waals surface area contributed by atoms with Crippen molar-refractivity contribution >= 4 is 21.6 Å². The van der Waals surface area contributed by atoms with Gasteiger partial charge >= 0.3 is 0 Å². The molecule has 0 radical (unpaired) electrons. The molecule has 8 heteroatoms. The van der Waals surface area contributed by atoms with Gasteiger partial charge in [-0.1, -0.05) is 13.3 Å². The number of hydrogen-bond donors (Lipinski definition) is 1. The summed E-state index contributed by atoms with van der Waals surface area (Å²) >= 11 is 0. The van der Waals surface area contributed by atoms with E-state index in [1.54, 1.807) is 0 Å². The lowest BCUT2D eigenvalue weighted by Gasteiger charge is -2.22. The molecule has 0 aromatic heterocycles. The van der Waals surface area contributed by atoms with Crippen LogP contribution in [-0.4, -0.2) is 33.7 Å². The Morgan fingerprint density at radius 1 is 1.22 bits per heavy atom. The summed E-state index contributed by atoms with van der Waals surface area (Å²) in [7, 11) is -3.65. The zero-order valence-corrected chi connectivity index (χ0v) is 14.1. The Morgan fingerprint density at radius 3 is 2.48 bits per heavy atom. The normalized spacial score (nSPS) is 11.3. The first-order valence-corrected chi connectivity index (χ1v) is 9.30. The number of halogens is 2. The van der Waals surface area contributed by atoms with Crippen molar-refractivity contribution in [3.63, 3.8) is 0 Å². The molecule has 1 N–H and O–H groups in total. The van der Waals surface area contributed by atoms with Gasteiger partial charge in [0, 0.05) is 25.6 Å². The van der Waals surface area contributed by atoms with Crippen molar-refractivity contribution in [1.82, 2.24) is 5.32 Å². The molecule has 0 spiro atoms. The van der Waals surface area contributed by atoms with Gasteiger partial charge in [0.25, 0.3) is 0 Å². The zero-order chi connectivity index (χ0) is 17.5. The standard InChI is InChI=1S/C15H22F2N2O3S/c1-3-4-9-18-15(20)6-5-10-19(23(2,21)22)12-7-8-13(16)14(17)11-12/h7-8,11H,3-6,9-10H2,1-2H3,(H,18,20). The second-order valence-corrected chi connectivity index (χ2v) is 7.15. The van der Waals surface area contributed by atoms with E-state index in [1.807, 2.05) is 6.92 Å². The van der Waals surface area contributed by atoms with E-state index in [1.165, 1.54) is 6.07 Å². The molecular weight excluding hydrogens is 326 g/mol. The monoisotopic (exact) mass is 348 g/mol. The van der Waals surface area contributed by atoms with E-state index in [4.69, 9.17) is 0 Å². The lowest BCUT2D eigenvalue weighted by atomic mass is 10.2. The summed E-state index contributed by atoms with van der Waals surface area (Å²) in [4.78, 5) is 11.6. The number of nitrogens with one attached hydrogen (secondary N) is 1. The Morgan fingerprint density at radius 2 is 1.91 bits per heavy atom. The van der Waals surface area contributed by atoms with E-state index in [2.05, 4.69) is 5.32 Å². The molecule has 0 saturated heterocycles. The minimum atomic E-state index is -3.65. The maximum Gasteiger partial charge on any atom is 0.232 e. The number of carbonyl (C=O) groups is 1. The van der Waals surface area contributed by atoms with Crippen LogP contribution in [0, 0.1) is 11.6 Å². The maximum atomic E-state index is 13.3. The van der Waals surface area contributed by atoms with Gasteiger partial charge in [-0.05, 0) is 25.0 Å². The van der Waals surface area contributed by atoms with Crippen LogP contribution in [0.2, 0.25) is 0 Å². The van der Waals surface area contributed by atoms with E-state index in [9.17, 15) is 22.0 Å². The number of nitrogens with zero attached hydrogens (tertiary/aromatic N) is 1. The van der Waals surface area contributed by atoms with Crippen LogP contribution >= 0.6 is 0 Å². The first-order chi connectivity index (χ1) is 10.8. The third kappa shape index (κ3) is 6.52. The minimum absolute atomic E-state index is 0.0190. The first-order valence-electron chi connectivity index (χ1n) is 7.45. The second kappa shape index (κ2) is 8.81. The van der Waals surface area contributed by atoms with Gasteiger partial charge in [-0.3, -0.25) is 9.10 Å². The molecule has 0 aliphatic heterocycles. The Balaban J connectivity index is 2.67. The highest BCUT2D eigenvalue weighted by Gasteiger charge is 2.19. The summed E-state index contributed by atoms with van der Waals surface area (Å²) in [6.45, 7) is 2.62. The molecule has 0 bridgehead atoms. The average Bonchev–Trinajstić information content (AvgIpc) is 2.46. The van der Waals surface area contributed by atoms with Crippen LogP contribution in [-0.2, 0) is 14.8 Å². The van der Waals surface area contributed by atoms with E-state index in [0.717, 1.165) is 35.5 Å². The van der Waals surface area contributed by atoms with Crippen LogP contribution in [0.5, 0.6) is 0 Å². The summed E-state index contributed by atoms with van der Waals surface area (Å²) < 4.78 is 50.9. The first kappa shape index (κ1) is 19.3. The third-order valence-corrected chi connectivity index (χ3v) is 4.40. The van der Waals surface area contributed by atoms with Gasteiger partial charge in [0.1, 0.15) is 0 Å². The quantitative estimate of drug-likeness (QED) is 0.697. The highest BCUT2D eigenvalue weighted by atomic mass is 32.2. The molecule has 0 atom stereocenters. The fourth-order valence-electron chi connectivity index (χ4n) is 2.00. The molecule has 1 aromatic rings. The van der Waals surface area contributed by atoms with Crippen molar-refractivity contribution in [1.29, 1.82) is 0 Å².